The minimum Gasteiger partial charge on any atom is -0.479 e. The van der Waals surface area contributed by atoms with Crippen LogP contribution in [0.25, 0.3) is 0 Å². The molecule has 0 aliphatic carbocycles. The van der Waals surface area contributed by atoms with Crippen LogP contribution in [0.1, 0.15) is 0 Å². The molecule has 1 aliphatic rings. The van der Waals surface area contributed by atoms with E-state index in [0.717, 1.165) is 0 Å². The van der Waals surface area contributed by atoms with E-state index in [1.807, 2.05) is 0 Å². The maximum atomic E-state index is 10.6. The smallest absolute Gasteiger partial charge is 0.338 e. The van der Waals surface area contributed by atoms with Gasteiger partial charge in [0.15, 0.2) is 18.3 Å². The lowest BCUT2D eigenvalue weighted by atomic mass is 10.1. The van der Waals surface area contributed by atoms with Gasteiger partial charge in [0.2, 0.25) is 0 Å². The maximum absolute atomic E-state index is 10.6. The fourth-order valence-corrected chi connectivity index (χ4v) is 0.984. The van der Waals surface area contributed by atoms with Gasteiger partial charge in [0.25, 0.3) is 0 Å². The second kappa shape index (κ2) is 3.29. The third kappa shape index (κ3) is 1.62. The van der Waals surface area contributed by atoms with E-state index in [1.165, 1.54) is 0 Å². The summed E-state index contributed by atoms with van der Waals surface area (Å²) in [6.07, 6.45) is -7.14. The molecule has 4 N–H and O–H groups in total. The largest absolute Gasteiger partial charge is 0.479 e. The van der Waals surface area contributed by atoms with Crippen LogP contribution < -0.4 is 0 Å². The van der Waals surface area contributed by atoms with Crippen molar-refractivity contribution >= 4 is 11.9 Å². The summed E-state index contributed by atoms with van der Waals surface area (Å²) in [5.74, 6) is -2.77. The fraction of sp³-hybridized carbons (Fsp3) is 0.667. The number of carboxylic acid groups (broad SMARTS) is 1. The Labute approximate surface area is 72.2 Å². The number of cyclic esters (lactones) is 1. The quantitative estimate of drug-likeness (QED) is 0.345. The first kappa shape index (κ1) is 9.90. The predicted molar refractivity (Wildman–Crippen MR) is 35.5 cm³/mol. The van der Waals surface area contributed by atoms with Crippen LogP contribution in [0.4, 0.5) is 0 Å². The molecule has 1 fully saturated rings. The van der Waals surface area contributed by atoms with Crippen molar-refractivity contribution in [2.75, 3.05) is 0 Å². The Kier molecular flexibility index (Phi) is 2.50. The topological polar surface area (TPSA) is 124 Å². The van der Waals surface area contributed by atoms with Crippen LogP contribution in [0.5, 0.6) is 0 Å². The number of hydrogen-bond donors (Lipinski definition) is 4. The van der Waals surface area contributed by atoms with Crippen molar-refractivity contribution in [3.8, 4) is 0 Å². The number of ether oxygens (including phenoxy) is 1. The highest BCUT2D eigenvalue weighted by molar-refractivity contribution is 5.80. The number of aliphatic hydroxyl groups is 3. The van der Waals surface area contributed by atoms with Gasteiger partial charge in [-0.15, -0.1) is 0 Å². The number of aliphatic carboxylic acids is 1. The summed E-state index contributed by atoms with van der Waals surface area (Å²) in [4.78, 5) is 20.8. The number of aliphatic hydroxyl groups excluding tert-OH is 3. The lowest BCUT2D eigenvalue weighted by Gasteiger charge is -2.15. The van der Waals surface area contributed by atoms with Gasteiger partial charge in [-0.05, 0) is 0 Å². The molecular weight excluding hydrogens is 184 g/mol. The van der Waals surface area contributed by atoms with Gasteiger partial charge in [0.05, 0.1) is 0 Å². The van der Waals surface area contributed by atoms with Gasteiger partial charge < -0.3 is 25.2 Å². The molecule has 7 heteroatoms. The van der Waals surface area contributed by atoms with Crippen LogP contribution in [0, 0.1) is 0 Å². The summed E-state index contributed by atoms with van der Waals surface area (Å²) in [5.41, 5.74) is 0. The van der Waals surface area contributed by atoms with E-state index in [0.29, 0.717) is 0 Å². The minimum absolute atomic E-state index is 1.14. The molecule has 1 rings (SSSR count). The number of carbonyl (C=O) groups is 2. The third-order valence-electron chi connectivity index (χ3n) is 1.72. The molecule has 4 atom stereocenters. The zero-order valence-electron chi connectivity index (χ0n) is 6.32. The molecule has 0 aromatic rings. The van der Waals surface area contributed by atoms with Crippen molar-refractivity contribution in [3.63, 3.8) is 0 Å². The van der Waals surface area contributed by atoms with Crippen molar-refractivity contribution in [3.05, 3.63) is 0 Å². The molecule has 0 radical (unpaired) electrons. The number of carbonyl (C=O) groups excluding carboxylic acids is 1. The molecule has 13 heavy (non-hydrogen) atoms. The van der Waals surface area contributed by atoms with E-state index in [4.69, 9.17) is 20.4 Å². The zero-order chi connectivity index (χ0) is 10.2. The first-order valence-corrected chi connectivity index (χ1v) is 3.42. The molecule has 1 saturated heterocycles. The molecule has 0 aromatic heterocycles. The van der Waals surface area contributed by atoms with Crippen molar-refractivity contribution in [1.82, 2.24) is 0 Å². The summed E-state index contributed by atoms with van der Waals surface area (Å²) in [5, 5.41) is 35.0. The van der Waals surface area contributed by atoms with Crippen LogP contribution in [0.3, 0.4) is 0 Å². The summed E-state index contributed by atoms with van der Waals surface area (Å²) >= 11 is 0. The Morgan fingerprint density at radius 1 is 1.46 bits per heavy atom. The monoisotopic (exact) mass is 192 g/mol. The average molecular weight is 192 g/mol. The molecule has 1 aliphatic heterocycles. The van der Waals surface area contributed by atoms with Crippen molar-refractivity contribution in [1.29, 1.82) is 0 Å². The molecule has 0 aromatic carbocycles. The van der Waals surface area contributed by atoms with Gasteiger partial charge in [-0.3, -0.25) is 0 Å². The van der Waals surface area contributed by atoms with Gasteiger partial charge in [-0.25, -0.2) is 9.59 Å². The van der Waals surface area contributed by atoms with Crippen LogP contribution in [0.2, 0.25) is 0 Å². The SMILES string of the molecule is O=C1OC([C@H](O)C(=O)O)[C@H](O)C1O. The molecule has 1 heterocycles. The highest BCUT2D eigenvalue weighted by Crippen LogP contribution is 2.18. The predicted octanol–water partition coefficient (Wildman–Crippen LogP) is -2.92. The van der Waals surface area contributed by atoms with Gasteiger partial charge in [0.1, 0.15) is 6.10 Å². The van der Waals surface area contributed by atoms with Crippen LogP contribution in [0.15, 0.2) is 0 Å². The molecular formula is C6H8O7. The number of rotatable bonds is 2. The maximum Gasteiger partial charge on any atom is 0.338 e. The zero-order valence-corrected chi connectivity index (χ0v) is 6.32. The standard InChI is InChI=1S/C6H8O7/c7-1-2(8)6(12)13-4(1)3(9)5(10)11/h1-4,7-9H,(H,10,11)/t1-,2?,3+,4?/m1/s1. The van der Waals surface area contributed by atoms with Crippen LogP contribution in [-0.2, 0) is 14.3 Å². The Morgan fingerprint density at radius 2 is 2.00 bits per heavy atom. The van der Waals surface area contributed by atoms with Gasteiger partial charge in [-0.1, -0.05) is 0 Å². The lowest BCUT2D eigenvalue weighted by molar-refractivity contribution is -0.161. The molecule has 74 valence electrons. The van der Waals surface area contributed by atoms with E-state index in [-0.39, 0.29) is 0 Å². The minimum atomic E-state index is -2.03. The normalized spacial score (nSPS) is 35.6. The highest BCUT2D eigenvalue weighted by atomic mass is 16.6. The van der Waals surface area contributed by atoms with Crippen molar-refractivity contribution < 1.29 is 34.8 Å². The first-order valence-electron chi connectivity index (χ1n) is 3.42. The van der Waals surface area contributed by atoms with Crippen LogP contribution in [-0.4, -0.2) is 56.8 Å². The highest BCUT2D eigenvalue weighted by Gasteiger charge is 2.48. The molecule has 0 amide bonds. The lowest BCUT2D eigenvalue weighted by Crippen LogP contribution is -2.42. The summed E-state index contributed by atoms with van der Waals surface area (Å²) in [6, 6.07) is 0. The second-order valence-corrected chi connectivity index (χ2v) is 2.62. The first-order chi connectivity index (χ1) is 5.95. The molecule has 7 nitrogen and oxygen atoms in total. The van der Waals surface area contributed by atoms with Gasteiger partial charge >= 0.3 is 11.9 Å². The van der Waals surface area contributed by atoms with E-state index < -0.39 is 36.4 Å². The Balaban J connectivity index is 2.73. The Morgan fingerprint density at radius 3 is 2.31 bits per heavy atom. The molecule has 0 spiro atoms. The number of hydrogen-bond acceptors (Lipinski definition) is 6. The second-order valence-electron chi connectivity index (χ2n) is 2.62. The van der Waals surface area contributed by atoms with Crippen LogP contribution >= 0.6 is 0 Å². The molecule has 0 saturated carbocycles. The Bertz CT molecular complexity index is 237. The Hall–Kier alpha value is -1.18. The molecule has 2 unspecified atom stereocenters. The average Bonchev–Trinajstić information content (AvgIpc) is 2.31. The molecule has 0 bridgehead atoms. The fourth-order valence-electron chi connectivity index (χ4n) is 0.984. The number of esters is 1. The van der Waals surface area contributed by atoms with E-state index in [9.17, 15) is 9.59 Å². The van der Waals surface area contributed by atoms with Gasteiger partial charge in [-0.2, -0.15) is 0 Å². The summed E-state index contributed by atoms with van der Waals surface area (Å²) < 4.78 is 4.24. The van der Waals surface area contributed by atoms with E-state index in [2.05, 4.69) is 4.74 Å². The van der Waals surface area contributed by atoms with E-state index >= 15 is 0 Å². The van der Waals surface area contributed by atoms with Gasteiger partial charge in [0, 0.05) is 0 Å². The number of carboxylic acids is 1. The van der Waals surface area contributed by atoms with Crippen molar-refractivity contribution in [2.45, 2.75) is 24.4 Å². The third-order valence-corrected chi connectivity index (χ3v) is 1.72. The van der Waals surface area contributed by atoms with E-state index in [1.54, 1.807) is 0 Å². The summed E-state index contributed by atoms with van der Waals surface area (Å²) in [7, 11) is 0. The van der Waals surface area contributed by atoms with Crippen molar-refractivity contribution in [2.24, 2.45) is 0 Å². The summed E-state index contributed by atoms with van der Waals surface area (Å²) in [6.45, 7) is 0.